The van der Waals surface area contributed by atoms with Crippen LogP contribution in [0.1, 0.15) is 32.1 Å². The molecule has 2 aromatic heterocycles. The third-order valence-corrected chi connectivity index (χ3v) is 4.47. The molecule has 0 unspecified atom stereocenters. The number of fused-ring (bicyclic) bond motifs is 2. The number of nitrogens with zero attached hydrogens (tertiary/aromatic N) is 1. The van der Waals surface area contributed by atoms with Crippen molar-refractivity contribution in [3.8, 4) is 5.69 Å². The summed E-state index contributed by atoms with van der Waals surface area (Å²) in [6.07, 6.45) is 6.79. The molecule has 1 aromatic carbocycles. The molecule has 2 bridgehead atoms. The third-order valence-electron chi connectivity index (χ3n) is 4.47. The molecule has 2 heterocycles. The first-order valence-electron chi connectivity index (χ1n) is 7.67. The lowest BCUT2D eigenvalue weighted by atomic mass is 9.95. The molecule has 2 heteroatoms. The number of hydrogen-bond acceptors (Lipinski definition) is 1. The van der Waals surface area contributed by atoms with Crippen LogP contribution in [0.25, 0.3) is 16.7 Å². The average Bonchev–Trinajstić information content (AvgIpc) is 3.09. The highest BCUT2D eigenvalue weighted by molar-refractivity contribution is 5.73. The molecule has 1 aliphatic carbocycles. The van der Waals surface area contributed by atoms with E-state index in [1.807, 2.05) is 0 Å². The topological polar surface area (TPSA) is 17.0 Å². The number of rotatable bonds is 3. The zero-order valence-electron chi connectivity index (χ0n) is 11.7. The second kappa shape index (κ2) is 4.86. The molecule has 0 saturated heterocycles. The molecule has 4 rings (SSSR count). The Morgan fingerprint density at radius 2 is 1.35 bits per heavy atom. The predicted octanol–water partition coefficient (Wildman–Crippen LogP) is 4.81. The zero-order chi connectivity index (χ0) is 13.4. The highest BCUT2D eigenvalue weighted by Crippen LogP contribution is 2.25. The van der Waals surface area contributed by atoms with E-state index in [0.717, 1.165) is 0 Å². The normalized spacial score (nSPS) is 16.8. The van der Waals surface area contributed by atoms with Gasteiger partial charge in [0.1, 0.15) is 0 Å². The Morgan fingerprint density at radius 3 is 1.95 bits per heavy atom. The summed E-state index contributed by atoms with van der Waals surface area (Å²) < 4.78 is 2.30. The van der Waals surface area contributed by atoms with Gasteiger partial charge in [0.15, 0.2) is 0 Å². The first-order chi connectivity index (χ1) is 9.90. The Hall–Kier alpha value is -1.96. The van der Waals surface area contributed by atoms with Crippen LogP contribution in [-0.4, -0.2) is 10.6 Å². The average molecular weight is 264 g/mol. The van der Waals surface area contributed by atoms with Crippen molar-refractivity contribution in [1.82, 2.24) is 4.57 Å². The lowest BCUT2D eigenvalue weighted by molar-refractivity contribution is 0.463. The monoisotopic (exact) mass is 264 g/mol. The molecule has 1 saturated carbocycles. The summed E-state index contributed by atoms with van der Waals surface area (Å²) in [6, 6.07) is 18.2. The first kappa shape index (κ1) is 11.8. The van der Waals surface area contributed by atoms with E-state index >= 15 is 0 Å². The van der Waals surface area contributed by atoms with Crippen molar-refractivity contribution in [2.75, 3.05) is 5.32 Å². The van der Waals surface area contributed by atoms with Crippen LogP contribution in [0.4, 0.5) is 5.69 Å². The molecule has 0 atom stereocenters. The van der Waals surface area contributed by atoms with E-state index in [-0.39, 0.29) is 0 Å². The number of benzene rings is 2. The molecule has 2 nitrogen and oxygen atoms in total. The molecule has 20 heavy (non-hydrogen) atoms. The summed E-state index contributed by atoms with van der Waals surface area (Å²) in [7, 11) is 0. The summed E-state index contributed by atoms with van der Waals surface area (Å²) in [6.45, 7) is 0. The van der Waals surface area contributed by atoms with Gasteiger partial charge in [0.05, 0.1) is 0 Å². The van der Waals surface area contributed by atoms with Crippen molar-refractivity contribution < 1.29 is 0 Å². The van der Waals surface area contributed by atoms with Gasteiger partial charge in [-0.25, -0.2) is 0 Å². The molecule has 0 amide bonds. The SMILES string of the molecule is c1cc(-n2c3ccc2cc3)ccc1NC1CCCCC1. The van der Waals surface area contributed by atoms with Crippen LogP contribution in [0.2, 0.25) is 0 Å². The largest absolute Gasteiger partial charge is 0.382 e. The molecule has 0 radical (unpaired) electrons. The summed E-state index contributed by atoms with van der Waals surface area (Å²) in [5.74, 6) is 0. The summed E-state index contributed by atoms with van der Waals surface area (Å²) in [5.41, 5.74) is 5.04. The zero-order valence-corrected chi connectivity index (χ0v) is 11.7. The highest BCUT2D eigenvalue weighted by Gasteiger charge is 2.13. The van der Waals surface area contributed by atoms with E-state index in [2.05, 4.69) is 58.4 Å². The number of anilines is 1. The van der Waals surface area contributed by atoms with Crippen molar-refractivity contribution in [2.45, 2.75) is 38.1 Å². The molecule has 1 N–H and O–H groups in total. The van der Waals surface area contributed by atoms with Gasteiger partial charge in [0.25, 0.3) is 0 Å². The van der Waals surface area contributed by atoms with Gasteiger partial charge < -0.3 is 9.88 Å². The van der Waals surface area contributed by atoms with Crippen molar-refractivity contribution >= 4 is 16.7 Å². The summed E-state index contributed by atoms with van der Waals surface area (Å²) in [4.78, 5) is 0. The molecular weight excluding hydrogens is 244 g/mol. The molecule has 0 aliphatic heterocycles. The van der Waals surface area contributed by atoms with Crippen LogP contribution < -0.4 is 5.32 Å². The minimum absolute atomic E-state index is 0.671. The minimum atomic E-state index is 0.671. The standard InChI is InChI=1S/C18H20N2/c1-2-4-14(5-3-1)19-15-6-8-16(9-7-15)20-17-10-11-18(20)13-12-17/h6-14,19H,1-5H2. The Kier molecular flexibility index (Phi) is 2.87. The Morgan fingerprint density at radius 1 is 0.750 bits per heavy atom. The Balaban J connectivity index is 1.54. The maximum atomic E-state index is 3.67. The molecule has 0 spiro atoms. The van der Waals surface area contributed by atoms with Crippen LogP contribution in [0.3, 0.4) is 0 Å². The highest BCUT2D eigenvalue weighted by atomic mass is 15.0. The fourth-order valence-corrected chi connectivity index (χ4v) is 3.39. The maximum absolute atomic E-state index is 3.67. The first-order valence-corrected chi connectivity index (χ1v) is 7.67. The van der Waals surface area contributed by atoms with E-state index < -0.39 is 0 Å². The van der Waals surface area contributed by atoms with Crippen molar-refractivity contribution in [2.24, 2.45) is 0 Å². The Labute approximate surface area is 119 Å². The van der Waals surface area contributed by atoms with E-state index in [1.165, 1.54) is 54.5 Å². The van der Waals surface area contributed by atoms with Gasteiger partial charge in [0, 0.05) is 28.5 Å². The molecule has 1 fully saturated rings. The molecular formula is C18H20N2. The van der Waals surface area contributed by atoms with Crippen LogP contribution in [0.5, 0.6) is 0 Å². The van der Waals surface area contributed by atoms with E-state index in [9.17, 15) is 0 Å². The van der Waals surface area contributed by atoms with Crippen molar-refractivity contribution in [3.63, 3.8) is 0 Å². The van der Waals surface area contributed by atoms with Gasteiger partial charge in [-0.2, -0.15) is 0 Å². The number of aromatic nitrogens is 1. The number of nitrogens with one attached hydrogen (secondary N) is 1. The van der Waals surface area contributed by atoms with Gasteiger partial charge in [-0.05, 0) is 61.4 Å². The second-order valence-corrected chi connectivity index (χ2v) is 5.88. The quantitative estimate of drug-likeness (QED) is 0.718. The minimum Gasteiger partial charge on any atom is -0.382 e. The van der Waals surface area contributed by atoms with E-state index in [0.29, 0.717) is 6.04 Å². The van der Waals surface area contributed by atoms with Crippen molar-refractivity contribution in [1.29, 1.82) is 0 Å². The van der Waals surface area contributed by atoms with Crippen molar-refractivity contribution in [3.05, 3.63) is 48.5 Å². The van der Waals surface area contributed by atoms with Crippen LogP contribution in [0.15, 0.2) is 48.5 Å². The fraction of sp³-hybridized carbons (Fsp3) is 0.333. The van der Waals surface area contributed by atoms with Gasteiger partial charge in [-0.15, -0.1) is 0 Å². The molecule has 3 aromatic rings. The molecule has 1 aliphatic rings. The summed E-state index contributed by atoms with van der Waals surface area (Å²) in [5, 5.41) is 3.67. The van der Waals surface area contributed by atoms with Gasteiger partial charge in [0.2, 0.25) is 0 Å². The van der Waals surface area contributed by atoms with E-state index in [1.54, 1.807) is 0 Å². The van der Waals surface area contributed by atoms with E-state index in [4.69, 9.17) is 0 Å². The van der Waals surface area contributed by atoms with Gasteiger partial charge >= 0.3 is 0 Å². The second-order valence-electron chi connectivity index (χ2n) is 5.88. The lowest BCUT2D eigenvalue weighted by Gasteiger charge is -2.24. The Bertz CT molecular complexity index is 626. The smallest absolute Gasteiger partial charge is 0.0463 e. The van der Waals surface area contributed by atoms with Gasteiger partial charge in [-0.3, -0.25) is 0 Å². The van der Waals surface area contributed by atoms with Crippen LogP contribution in [0, 0.1) is 0 Å². The van der Waals surface area contributed by atoms with Gasteiger partial charge in [-0.1, -0.05) is 19.3 Å². The van der Waals surface area contributed by atoms with Crippen LogP contribution >= 0.6 is 0 Å². The third kappa shape index (κ3) is 2.05. The van der Waals surface area contributed by atoms with Crippen LogP contribution in [-0.2, 0) is 0 Å². The lowest BCUT2D eigenvalue weighted by Crippen LogP contribution is -2.22. The predicted molar refractivity (Wildman–Crippen MR) is 85.0 cm³/mol. The maximum Gasteiger partial charge on any atom is 0.0463 e. The fourth-order valence-electron chi connectivity index (χ4n) is 3.39. The number of hydrogen-bond donors (Lipinski definition) is 1. The summed E-state index contributed by atoms with van der Waals surface area (Å²) >= 11 is 0. The molecule has 102 valence electrons.